The molecule has 0 atom stereocenters. The van der Waals surface area contributed by atoms with E-state index >= 15 is 0 Å². The monoisotopic (exact) mass is 337 g/mol. The number of nitrogens with one attached hydrogen (secondary N) is 1. The van der Waals surface area contributed by atoms with E-state index < -0.39 is 56.4 Å². The van der Waals surface area contributed by atoms with Gasteiger partial charge in [0.25, 0.3) is 5.56 Å². The van der Waals surface area contributed by atoms with Gasteiger partial charge in [0.05, 0.1) is 4.92 Å². The maximum absolute atomic E-state index is 13.8. The van der Waals surface area contributed by atoms with Crippen LogP contribution in [0.1, 0.15) is 20.7 Å². The van der Waals surface area contributed by atoms with Crippen molar-refractivity contribution >= 4 is 23.4 Å². The molecule has 5 N–H and O–H groups in total. The van der Waals surface area contributed by atoms with E-state index in [1.54, 1.807) is 0 Å². The highest BCUT2D eigenvalue weighted by atomic mass is 19.1. The first-order valence-electron chi connectivity index (χ1n) is 6.11. The molecule has 2 rings (SSSR count). The minimum absolute atomic E-state index is 0.356. The van der Waals surface area contributed by atoms with Crippen LogP contribution >= 0.6 is 0 Å². The lowest BCUT2D eigenvalue weighted by atomic mass is 9.95. The van der Waals surface area contributed by atoms with E-state index in [-0.39, 0.29) is 5.56 Å². The van der Waals surface area contributed by atoms with Crippen molar-refractivity contribution in [1.29, 1.82) is 0 Å². The predicted octanol–water partition coefficient (Wildman–Crippen LogP) is 1.07. The molecule has 2 aromatic rings. The Hall–Kier alpha value is -3.76. The molecule has 0 saturated heterocycles. The van der Waals surface area contributed by atoms with Crippen molar-refractivity contribution in [3.63, 3.8) is 0 Å². The van der Waals surface area contributed by atoms with Crippen molar-refractivity contribution in [2.24, 2.45) is 0 Å². The van der Waals surface area contributed by atoms with Crippen molar-refractivity contribution in [1.82, 2.24) is 4.98 Å². The lowest BCUT2D eigenvalue weighted by molar-refractivity contribution is -0.387. The van der Waals surface area contributed by atoms with Gasteiger partial charge in [-0.25, -0.2) is 9.59 Å². The first-order chi connectivity index (χ1) is 11.1. The number of aromatic amines is 1. The molecule has 0 aliphatic heterocycles. The summed E-state index contributed by atoms with van der Waals surface area (Å²) in [6, 6.07) is 2.21. The van der Waals surface area contributed by atoms with Crippen LogP contribution in [0.2, 0.25) is 0 Å². The first kappa shape index (κ1) is 16.6. The molecule has 10 nitrogen and oxygen atoms in total. The average Bonchev–Trinajstić information content (AvgIpc) is 2.44. The topological polar surface area (TPSA) is 177 Å². The zero-order valence-corrected chi connectivity index (χ0v) is 11.6. The summed E-state index contributed by atoms with van der Waals surface area (Å²) in [5.74, 6) is -5.40. The van der Waals surface area contributed by atoms with Crippen LogP contribution in [-0.4, -0.2) is 32.1 Å². The minimum Gasteiger partial charge on any atom is -0.478 e. The normalized spacial score (nSPS) is 10.4. The Morgan fingerprint density at radius 2 is 1.79 bits per heavy atom. The fraction of sp³-hybridized carbons (Fsp3) is 0. The smallest absolute Gasteiger partial charge is 0.342 e. The Kier molecular flexibility index (Phi) is 4.01. The predicted molar refractivity (Wildman–Crippen MR) is 77.4 cm³/mol. The summed E-state index contributed by atoms with van der Waals surface area (Å²) in [6.45, 7) is 0. The highest BCUT2D eigenvalue weighted by molar-refractivity contribution is 6.07. The molecule has 124 valence electrons. The number of aromatic carboxylic acids is 2. The third kappa shape index (κ3) is 2.65. The largest absolute Gasteiger partial charge is 0.478 e. The molecule has 1 aromatic heterocycles. The summed E-state index contributed by atoms with van der Waals surface area (Å²) in [6.07, 6.45) is 0. The van der Waals surface area contributed by atoms with Gasteiger partial charge in [-0.1, -0.05) is 0 Å². The highest BCUT2D eigenvalue weighted by Gasteiger charge is 2.27. The summed E-state index contributed by atoms with van der Waals surface area (Å²) >= 11 is 0. The summed E-state index contributed by atoms with van der Waals surface area (Å²) in [5, 5.41) is 29.0. The molecule has 0 aliphatic carbocycles. The Balaban J connectivity index is 2.94. The molecule has 1 heterocycles. The van der Waals surface area contributed by atoms with Gasteiger partial charge in [-0.2, -0.15) is 4.39 Å². The fourth-order valence-electron chi connectivity index (χ4n) is 2.15. The fourth-order valence-corrected chi connectivity index (χ4v) is 2.15. The molecule has 0 unspecified atom stereocenters. The summed E-state index contributed by atoms with van der Waals surface area (Å²) in [7, 11) is 0. The van der Waals surface area contributed by atoms with E-state index in [9.17, 15) is 34.0 Å². The molecule has 0 radical (unpaired) electrons. The second-order valence-corrected chi connectivity index (χ2v) is 4.53. The number of nitro groups is 1. The summed E-state index contributed by atoms with van der Waals surface area (Å²) in [5.41, 5.74) is 0.576. The number of nitrogens with zero attached hydrogens (tertiary/aromatic N) is 1. The van der Waals surface area contributed by atoms with Crippen LogP contribution in [0.3, 0.4) is 0 Å². The van der Waals surface area contributed by atoms with Gasteiger partial charge in [0.15, 0.2) is 0 Å². The number of pyridine rings is 1. The number of anilines is 1. The van der Waals surface area contributed by atoms with Crippen molar-refractivity contribution in [3.05, 3.63) is 55.6 Å². The molecule has 11 heteroatoms. The van der Waals surface area contributed by atoms with Crippen LogP contribution in [0.15, 0.2) is 23.0 Å². The van der Waals surface area contributed by atoms with Crippen LogP contribution in [0.5, 0.6) is 0 Å². The number of nitrogens with two attached hydrogens (primary N) is 1. The van der Waals surface area contributed by atoms with E-state index in [4.69, 9.17) is 10.8 Å². The SMILES string of the molecule is Nc1[nH]c(=O)c(C(=O)O)c(-c2ccc([N+](=O)[O-])c(F)c2)c1C(=O)O. The lowest BCUT2D eigenvalue weighted by Gasteiger charge is -2.12. The molecule has 0 amide bonds. The number of nitrogen functional groups attached to an aromatic ring is 1. The molecule has 0 aliphatic rings. The molecule has 24 heavy (non-hydrogen) atoms. The number of rotatable bonds is 4. The number of carboxylic acids is 2. The molecular weight excluding hydrogens is 329 g/mol. The van der Waals surface area contributed by atoms with Gasteiger partial charge in [0, 0.05) is 11.6 Å². The van der Waals surface area contributed by atoms with Crippen molar-refractivity contribution in [2.45, 2.75) is 0 Å². The lowest BCUT2D eigenvalue weighted by Crippen LogP contribution is -2.24. The van der Waals surface area contributed by atoms with Crippen molar-refractivity contribution in [3.8, 4) is 11.1 Å². The van der Waals surface area contributed by atoms with Crippen LogP contribution in [0, 0.1) is 15.9 Å². The number of hydrogen-bond acceptors (Lipinski definition) is 6. The summed E-state index contributed by atoms with van der Waals surface area (Å²) in [4.78, 5) is 46.0. The van der Waals surface area contributed by atoms with Gasteiger partial charge >= 0.3 is 17.6 Å². The van der Waals surface area contributed by atoms with Crippen LogP contribution in [0.4, 0.5) is 15.9 Å². The Bertz CT molecular complexity index is 951. The second-order valence-electron chi connectivity index (χ2n) is 4.53. The van der Waals surface area contributed by atoms with E-state index in [0.717, 1.165) is 12.1 Å². The van der Waals surface area contributed by atoms with E-state index in [0.29, 0.717) is 6.07 Å². The molecule has 1 aromatic carbocycles. The zero-order valence-electron chi connectivity index (χ0n) is 11.6. The van der Waals surface area contributed by atoms with Crippen LogP contribution in [0.25, 0.3) is 11.1 Å². The van der Waals surface area contributed by atoms with Gasteiger partial charge in [-0.15, -0.1) is 0 Å². The van der Waals surface area contributed by atoms with Gasteiger partial charge in [-0.05, 0) is 17.7 Å². The second kappa shape index (κ2) is 5.79. The maximum Gasteiger partial charge on any atom is 0.342 e. The van der Waals surface area contributed by atoms with Gasteiger partial charge in [0.1, 0.15) is 16.9 Å². The van der Waals surface area contributed by atoms with Gasteiger partial charge in [0.2, 0.25) is 5.82 Å². The number of halogens is 1. The number of carbonyl (C=O) groups is 2. The standard InChI is InChI=1S/C13H8FN3O7/c14-5-3-4(1-2-6(5)17(23)24)7-8(12(19)20)10(15)16-11(18)9(7)13(21)22/h1-3H,(H,19,20)(H,21,22)(H3,15,16,18). The highest BCUT2D eigenvalue weighted by Crippen LogP contribution is 2.31. The number of aromatic nitrogens is 1. The molecule has 0 fully saturated rings. The van der Waals surface area contributed by atoms with Gasteiger partial charge in [-0.3, -0.25) is 14.9 Å². The third-order valence-corrected chi connectivity index (χ3v) is 3.11. The first-order valence-corrected chi connectivity index (χ1v) is 6.11. The molecular formula is C13H8FN3O7. The molecule has 0 saturated carbocycles. The van der Waals surface area contributed by atoms with Crippen LogP contribution < -0.4 is 11.3 Å². The average molecular weight is 337 g/mol. The third-order valence-electron chi connectivity index (χ3n) is 3.11. The number of hydrogen-bond donors (Lipinski definition) is 4. The van der Waals surface area contributed by atoms with Crippen LogP contribution in [-0.2, 0) is 0 Å². The number of H-pyrrole nitrogens is 1. The van der Waals surface area contributed by atoms with Gasteiger partial charge < -0.3 is 20.9 Å². The Labute approximate surface area is 131 Å². The summed E-state index contributed by atoms with van der Waals surface area (Å²) < 4.78 is 13.8. The number of nitro benzene ring substituents is 1. The van der Waals surface area contributed by atoms with Crippen molar-refractivity contribution < 1.29 is 29.1 Å². The van der Waals surface area contributed by atoms with E-state index in [1.165, 1.54) is 0 Å². The quantitative estimate of drug-likeness (QED) is 0.472. The van der Waals surface area contributed by atoms with E-state index in [2.05, 4.69) is 0 Å². The van der Waals surface area contributed by atoms with E-state index in [1.807, 2.05) is 4.98 Å². The maximum atomic E-state index is 13.8. The number of carboxylic acid groups (broad SMARTS) is 2. The Morgan fingerprint density at radius 3 is 2.25 bits per heavy atom. The molecule has 0 spiro atoms. The zero-order chi connectivity index (χ0) is 18.2. The Morgan fingerprint density at radius 1 is 1.21 bits per heavy atom. The minimum atomic E-state index is -1.77. The van der Waals surface area contributed by atoms with Crippen molar-refractivity contribution in [2.75, 3.05) is 5.73 Å². The number of benzene rings is 1. The molecule has 0 bridgehead atoms.